The highest BCUT2D eigenvalue weighted by Crippen LogP contribution is 2.60. The van der Waals surface area contributed by atoms with Gasteiger partial charge in [-0.1, -0.05) is 218 Å². The summed E-state index contributed by atoms with van der Waals surface area (Å²) in [6.07, 6.45) is 0. The van der Waals surface area contributed by atoms with Crippen LogP contribution >= 0.6 is 0 Å². The highest BCUT2D eigenvalue weighted by atomic mass is 16.3. The van der Waals surface area contributed by atoms with Crippen LogP contribution in [0.5, 0.6) is 0 Å². The Labute approximate surface area is 355 Å². The summed E-state index contributed by atoms with van der Waals surface area (Å²) < 4.78 is 7.24. The number of para-hydroxylation sites is 3. The van der Waals surface area contributed by atoms with Crippen LogP contribution in [0.3, 0.4) is 0 Å². The van der Waals surface area contributed by atoms with Gasteiger partial charge in [-0.15, -0.1) is 0 Å². The Balaban J connectivity index is 1.21. The molecule has 10 aromatic carbocycles. The number of rotatable bonds is 7. The van der Waals surface area contributed by atoms with Crippen molar-refractivity contribution >= 4 is 49.8 Å². The molecule has 0 amide bonds. The normalized spacial score (nSPS) is 12.7. The Hall–Kier alpha value is -7.94. The molecule has 0 saturated heterocycles. The smallest absolute Gasteiger partial charge is 0.159 e. The van der Waals surface area contributed by atoms with E-state index in [0.29, 0.717) is 0 Å². The van der Waals surface area contributed by atoms with E-state index in [2.05, 4.69) is 241 Å². The molecule has 12 rings (SSSR count). The Kier molecular flexibility index (Phi) is 8.11. The summed E-state index contributed by atoms with van der Waals surface area (Å²) >= 11 is 0. The minimum atomic E-state index is -0.554. The molecule has 0 spiro atoms. The highest BCUT2D eigenvalue weighted by Gasteiger charge is 2.47. The zero-order chi connectivity index (χ0) is 40.3. The van der Waals surface area contributed by atoms with Crippen molar-refractivity contribution in [3.05, 3.63) is 259 Å². The van der Waals surface area contributed by atoms with Crippen LogP contribution in [0.1, 0.15) is 22.3 Å². The van der Waals surface area contributed by atoms with Crippen LogP contribution in [-0.2, 0) is 5.41 Å². The van der Waals surface area contributed by atoms with Crippen molar-refractivity contribution in [3.8, 4) is 33.4 Å². The fraction of sp³-hybridized carbons (Fsp3) is 0.0169. The van der Waals surface area contributed by atoms with Crippen LogP contribution < -0.4 is 4.90 Å². The number of hydrogen-bond acceptors (Lipinski definition) is 2. The molecule has 0 atom stereocenters. The molecule has 0 saturated carbocycles. The van der Waals surface area contributed by atoms with Gasteiger partial charge in [0.15, 0.2) is 5.58 Å². The van der Waals surface area contributed by atoms with Gasteiger partial charge in [0.1, 0.15) is 5.58 Å². The second kappa shape index (κ2) is 14.1. The second-order valence-electron chi connectivity index (χ2n) is 15.9. The summed E-state index contributed by atoms with van der Waals surface area (Å²) in [5.41, 5.74) is 16.2. The van der Waals surface area contributed by atoms with Gasteiger partial charge in [-0.05, 0) is 67.9 Å². The first-order chi connectivity index (χ1) is 30.3. The molecule has 0 fully saturated rings. The van der Waals surface area contributed by atoms with Gasteiger partial charge in [0.25, 0.3) is 0 Å². The van der Waals surface area contributed by atoms with E-state index < -0.39 is 5.41 Å². The predicted molar refractivity (Wildman–Crippen MR) is 254 cm³/mol. The van der Waals surface area contributed by atoms with Crippen LogP contribution in [0.2, 0.25) is 0 Å². The van der Waals surface area contributed by atoms with Gasteiger partial charge in [0.05, 0.1) is 22.5 Å². The van der Waals surface area contributed by atoms with Gasteiger partial charge >= 0.3 is 0 Å². The standard InChI is InChI=1S/C59H39NO/c1-4-20-41(21-5-1)45-31-17-33-48-49-34-18-39-55(58(49)61-57(45)48)60(53-37-15-13-29-47(53)46-32-16-23-40-22-10-11-28-44(40)46)54-38-19-36-52-56(54)50-30-12-14-35-51(50)59(52,42-24-6-2-7-25-42)43-26-8-3-9-27-43/h1-39H. The van der Waals surface area contributed by atoms with E-state index in [1.165, 1.54) is 49.7 Å². The number of furan rings is 1. The average Bonchev–Trinajstić information content (AvgIpc) is 3.88. The third-order valence-electron chi connectivity index (χ3n) is 12.8. The van der Waals surface area contributed by atoms with E-state index in [1.54, 1.807) is 0 Å². The number of nitrogens with zero attached hydrogens (tertiary/aromatic N) is 1. The maximum Gasteiger partial charge on any atom is 0.159 e. The van der Waals surface area contributed by atoms with Gasteiger partial charge in [-0.25, -0.2) is 0 Å². The molecule has 1 aliphatic carbocycles. The first kappa shape index (κ1) is 35.0. The van der Waals surface area contributed by atoms with Crippen molar-refractivity contribution < 1.29 is 4.42 Å². The monoisotopic (exact) mass is 777 g/mol. The van der Waals surface area contributed by atoms with Crippen LogP contribution in [0.4, 0.5) is 17.1 Å². The summed E-state index contributed by atoms with van der Waals surface area (Å²) in [6.45, 7) is 0. The molecule has 2 nitrogen and oxygen atoms in total. The molecule has 0 N–H and O–H groups in total. The van der Waals surface area contributed by atoms with Crippen molar-refractivity contribution in [2.24, 2.45) is 0 Å². The zero-order valence-electron chi connectivity index (χ0n) is 33.4. The van der Waals surface area contributed by atoms with E-state index in [4.69, 9.17) is 4.42 Å². The van der Waals surface area contributed by atoms with E-state index in [1.807, 2.05) is 0 Å². The van der Waals surface area contributed by atoms with E-state index in [9.17, 15) is 0 Å². The third kappa shape index (κ3) is 5.29. The maximum atomic E-state index is 7.24. The fourth-order valence-corrected chi connectivity index (χ4v) is 10.2. The number of hydrogen-bond donors (Lipinski definition) is 0. The quantitative estimate of drug-likeness (QED) is 0.160. The van der Waals surface area contributed by atoms with Gasteiger partial charge in [0.2, 0.25) is 0 Å². The molecule has 1 aliphatic rings. The predicted octanol–water partition coefficient (Wildman–Crippen LogP) is 15.9. The molecule has 11 aromatic rings. The number of anilines is 3. The molecule has 1 heterocycles. The second-order valence-corrected chi connectivity index (χ2v) is 15.9. The van der Waals surface area contributed by atoms with Gasteiger partial charge < -0.3 is 9.32 Å². The maximum absolute atomic E-state index is 7.24. The summed E-state index contributed by atoms with van der Waals surface area (Å²) in [6, 6.07) is 85.9. The van der Waals surface area contributed by atoms with Gasteiger partial charge in [-0.2, -0.15) is 0 Å². The lowest BCUT2D eigenvalue weighted by Gasteiger charge is -2.34. The summed E-state index contributed by atoms with van der Waals surface area (Å²) in [4.78, 5) is 2.48. The van der Waals surface area contributed by atoms with Crippen molar-refractivity contribution in [3.63, 3.8) is 0 Å². The van der Waals surface area contributed by atoms with Crippen molar-refractivity contribution in [1.29, 1.82) is 0 Å². The molecule has 61 heavy (non-hydrogen) atoms. The van der Waals surface area contributed by atoms with Gasteiger partial charge in [-0.3, -0.25) is 0 Å². The Morgan fingerprint density at radius 1 is 0.311 bits per heavy atom. The first-order valence-corrected chi connectivity index (χ1v) is 21.0. The van der Waals surface area contributed by atoms with Crippen LogP contribution in [0.15, 0.2) is 241 Å². The number of benzene rings is 10. The highest BCUT2D eigenvalue weighted by molar-refractivity contribution is 6.15. The van der Waals surface area contributed by atoms with Crippen LogP contribution in [0, 0.1) is 0 Å². The molecule has 1 aromatic heterocycles. The third-order valence-corrected chi connectivity index (χ3v) is 12.8. The molecule has 0 radical (unpaired) electrons. The molecular formula is C59H39NO. The lowest BCUT2D eigenvalue weighted by Crippen LogP contribution is -2.28. The minimum Gasteiger partial charge on any atom is -0.453 e. The molecule has 0 unspecified atom stereocenters. The fourth-order valence-electron chi connectivity index (χ4n) is 10.2. The summed E-state index contributed by atoms with van der Waals surface area (Å²) in [5, 5.41) is 4.59. The Morgan fingerprint density at radius 2 is 0.803 bits per heavy atom. The molecule has 0 aliphatic heterocycles. The lowest BCUT2D eigenvalue weighted by atomic mass is 9.68. The van der Waals surface area contributed by atoms with Crippen LogP contribution in [0.25, 0.3) is 66.1 Å². The topological polar surface area (TPSA) is 16.4 Å². The van der Waals surface area contributed by atoms with Crippen molar-refractivity contribution in [2.45, 2.75) is 5.41 Å². The molecule has 286 valence electrons. The molecule has 0 bridgehead atoms. The SMILES string of the molecule is c1ccc(-c2cccc3c2oc2c(N(c4ccccc4-c4cccc5ccccc45)c4cccc5c4-c4ccccc4C5(c4ccccc4)c4ccccc4)cccc23)cc1. The summed E-state index contributed by atoms with van der Waals surface area (Å²) in [5.74, 6) is 0. The first-order valence-electron chi connectivity index (χ1n) is 21.0. The molecular weight excluding hydrogens is 739 g/mol. The molecule has 2 heteroatoms. The van der Waals surface area contributed by atoms with E-state index >= 15 is 0 Å². The Morgan fingerprint density at radius 3 is 1.59 bits per heavy atom. The van der Waals surface area contributed by atoms with Crippen molar-refractivity contribution in [1.82, 2.24) is 0 Å². The zero-order valence-corrected chi connectivity index (χ0v) is 33.4. The van der Waals surface area contributed by atoms with Gasteiger partial charge in [0, 0.05) is 27.5 Å². The average molecular weight is 778 g/mol. The Bertz CT molecular complexity index is 3380. The number of fused-ring (bicyclic) bond motifs is 7. The van der Waals surface area contributed by atoms with E-state index in [-0.39, 0.29) is 0 Å². The van der Waals surface area contributed by atoms with Crippen LogP contribution in [-0.4, -0.2) is 0 Å². The van der Waals surface area contributed by atoms with Crippen molar-refractivity contribution in [2.75, 3.05) is 4.90 Å². The summed E-state index contributed by atoms with van der Waals surface area (Å²) in [7, 11) is 0. The minimum absolute atomic E-state index is 0.554. The lowest BCUT2D eigenvalue weighted by molar-refractivity contribution is 0.670. The largest absolute Gasteiger partial charge is 0.453 e. The van der Waals surface area contributed by atoms with E-state index in [0.717, 1.165) is 55.7 Å².